The monoisotopic (exact) mass is 362 g/mol. The van der Waals surface area contributed by atoms with Crippen LogP contribution in [0, 0.1) is 17.8 Å². The van der Waals surface area contributed by atoms with Crippen molar-refractivity contribution in [2.24, 2.45) is 17.8 Å². The van der Waals surface area contributed by atoms with E-state index in [0.717, 1.165) is 21.3 Å². The van der Waals surface area contributed by atoms with Crippen LogP contribution in [0.3, 0.4) is 0 Å². The van der Waals surface area contributed by atoms with E-state index in [1.165, 1.54) is 0 Å². The van der Waals surface area contributed by atoms with E-state index in [-0.39, 0.29) is 0 Å². The molecule has 0 fully saturated rings. The molecule has 1 aromatic heterocycles. The summed E-state index contributed by atoms with van der Waals surface area (Å²) in [6.07, 6.45) is 1.81. The molecule has 0 aliphatic heterocycles. The minimum absolute atomic E-state index is 0.660. The lowest BCUT2D eigenvalue weighted by molar-refractivity contribution is 0.304. The summed E-state index contributed by atoms with van der Waals surface area (Å²) >= 11 is 6.92. The number of nitrogens with one attached hydrogen (secondary N) is 1. The summed E-state index contributed by atoms with van der Waals surface area (Å²) in [5.41, 5.74) is 0. The average Bonchev–Trinajstić information content (AvgIpc) is 2.20. The lowest BCUT2D eigenvalue weighted by Gasteiger charge is -2.25. The Kier molecular flexibility index (Phi) is 5.93. The van der Waals surface area contributed by atoms with Crippen molar-refractivity contribution in [3.05, 3.63) is 21.2 Å². The Hall–Kier alpha value is -0.0900. The molecule has 0 aliphatic carbocycles. The number of anilines is 1. The standard InChI is InChI=1S/C13H20Br2N2/c1-8(2)11(9(3)4)7-17-13-12(15)5-10(14)6-16-13/h5-6,8-9,11H,7H2,1-4H3,(H,16,17). The summed E-state index contributed by atoms with van der Waals surface area (Å²) in [5, 5.41) is 3.42. The van der Waals surface area contributed by atoms with Crippen LogP contribution in [0.2, 0.25) is 0 Å². The number of halogens is 2. The SMILES string of the molecule is CC(C)C(CNc1ncc(Br)cc1Br)C(C)C. The summed E-state index contributed by atoms with van der Waals surface area (Å²) in [4.78, 5) is 4.36. The molecule has 0 bridgehead atoms. The van der Waals surface area contributed by atoms with Gasteiger partial charge in [-0.2, -0.15) is 0 Å². The Labute approximate surface area is 121 Å². The van der Waals surface area contributed by atoms with Crippen molar-refractivity contribution in [1.82, 2.24) is 4.98 Å². The second-order valence-corrected chi connectivity index (χ2v) is 6.79. The number of rotatable bonds is 5. The van der Waals surface area contributed by atoms with Gasteiger partial charge in [-0.05, 0) is 55.7 Å². The number of aromatic nitrogens is 1. The van der Waals surface area contributed by atoms with E-state index in [1.807, 2.05) is 12.3 Å². The van der Waals surface area contributed by atoms with E-state index < -0.39 is 0 Å². The van der Waals surface area contributed by atoms with Crippen LogP contribution in [0.15, 0.2) is 21.2 Å². The lowest BCUT2D eigenvalue weighted by Crippen LogP contribution is -2.24. The summed E-state index contributed by atoms with van der Waals surface area (Å²) in [6, 6.07) is 2.01. The van der Waals surface area contributed by atoms with E-state index in [4.69, 9.17) is 0 Å². The fourth-order valence-corrected chi connectivity index (χ4v) is 3.13. The molecule has 0 unspecified atom stereocenters. The first-order valence-corrected chi connectivity index (χ1v) is 7.55. The maximum atomic E-state index is 4.36. The topological polar surface area (TPSA) is 24.9 Å². The van der Waals surface area contributed by atoms with Crippen molar-refractivity contribution in [2.75, 3.05) is 11.9 Å². The third-order valence-corrected chi connectivity index (χ3v) is 4.06. The Morgan fingerprint density at radius 1 is 1.18 bits per heavy atom. The van der Waals surface area contributed by atoms with Crippen LogP contribution in [-0.4, -0.2) is 11.5 Å². The predicted octanol–water partition coefficient (Wildman–Crippen LogP) is 4.95. The van der Waals surface area contributed by atoms with E-state index >= 15 is 0 Å². The van der Waals surface area contributed by atoms with Crippen molar-refractivity contribution >= 4 is 37.7 Å². The molecule has 0 saturated heterocycles. The van der Waals surface area contributed by atoms with Gasteiger partial charge in [0.25, 0.3) is 0 Å². The van der Waals surface area contributed by atoms with Gasteiger partial charge in [-0.3, -0.25) is 0 Å². The van der Waals surface area contributed by atoms with Gasteiger partial charge >= 0.3 is 0 Å². The lowest BCUT2D eigenvalue weighted by atomic mass is 9.85. The van der Waals surface area contributed by atoms with Crippen molar-refractivity contribution < 1.29 is 0 Å². The molecule has 1 N–H and O–H groups in total. The quantitative estimate of drug-likeness (QED) is 0.800. The number of nitrogens with zero attached hydrogens (tertiary/aromatic N) is 1. The summed E-state index contributed by atoms with van der Waals surface area (Å²) < 4.78 is 1.98. The largest absolute Gasteiger partial charge is 0.369 e. The fraction of sp³-hybridized carbons (Fsp3) is 0.615. The van der Waals surface area contributed by atoms with Crippen LogP contribution in [-0.2, 0) is 0 Å². The molecule has 1 rings (SSSR count). The maximum absolute atomic E-state index is 4.36. The molecule has 0 aliphatic rings. The zero-order valence-electron chi connectivity index (χ0n) is 10.8. The second kappa shape index (κ2) is 6.74. The van der Waals surface area contributed by atoms with Crippen molar-refractivity contribution in [2.45, 2.75) is 27.7 Å². The molecular weight excluding hydrogens is 344 g/mol. The molecule has 0 atom stereocenters. The molecule has 1 aromatic rings. The van der Waals surface area contributed by atoms with Gasteiger partial charge in [0.2, 0.25) is 0 Å². The van der Waals surface area contributed by atoms with Gasteiger partial charge in [-0.25, -0.2) is 4.98 Å². The first-order valence-electron chi connectivity index (χ1n) is 5.96. The highest BCUT2D eigenvalue weighted by Crippen LogP contribution is 2.25. The molecular formula is C13H20Br2N2. The van der Waals surface area contributed by atoms with E-state index in [2.05, 4.69) is 69.9 Å². The minimum atomic E-state index is 0.660. The Morgan fingerprint density at radius 2 is 1.76 bits per heavy atom. The van der Waals surface area contributed by atoms with Gasteiger partial charge in [0.05, 0.1) is 4.47 Å². The van der Waals surface area contributed by atoms with Gasteiger partial charge in [0.15, 0.2) is 0 Å². The van der Waals surface area contributed by atoms with Gasteiger partial charge in [0.1, 0.15) is 5.82 Å². The van der Waals surface area contributed by atoms with Crippen LogP contribution < -0.4 is 5.32 Å². The van der Waals surface area contributed by atoms with Crippen LogP contribution in [0.1, 0.15) is 27.7 Å². The smallest absolute Gasteiger partial charge is 0.140 e. The normalized spacial score (nSPS) is 11.6. The van der Waals surface area contributed by atoms with Crippen LogP contribution in [0.25, 0.3) is 0 Å². The summed E-state index contributed by atoms with van der Waals surface area (Å²) in [5.74, 6) is 2.93. The third kappa shape index (κ3) is 4.59. The van der Waals surface area contributed by atoms with Crippen molar-refractivity contribution in [3.8, 4) is 0 Å². The first-order chi connectivity index (χ1) is 7.91. The highest BCUT2D eigenvalue weighted by molar-refractivity contribution is 9.11. The molecule has 0 saturated carbocycles. The molecule has 17 heavy (non-hydrogen) atoms. The molecule has 4 heteroatoms. The average molecular weight is 364 g/mol. The molecule has 0 spiro atoms. The van der Waals surface area contributed by atoms with Crippen LogP contribution >= 0.6 is 31.9 Å². The minimum Gasteiger partial charge on any atom is -0.369 e. The predicted molar refractivity (Wildman–Crippen MR) is 81.3 cm³/mol. The van der Waals surface area contributed by atoms with Crippen LogP contribution in [0.4, 0.5) is 5.82 Å². The third-order valence-electron chi connectivity index (χ3n) is 3.03. The number of hydrogen-bond acceptors (Lipinski definition) is 2. The van der Waals surface area contributed by atoms with Crippen LogP contribution in [0.5, 0.6) is 0 Å². The van der Waals surface area contributed by atoms with E-state index in [0.29, 0.717) is 17.8 Å². The van der Waals surface area contributed by atoms with Crippen molar-refractivity contribution in [1.29, 1.82) is 0 Å². The number of pyridine rings is 1. The Morgan fingerprint density at radius 3 is 2.24 bits per heavy atom. The molecule has 96 valence electrons. The van der Waals surface area contributed by atoms with Crippen molar-refractivity contribution in [3.63, 3.8) is 0 Å². The van der Waals surface area contributed by atoms with E-state index in [1.54, 1.807) is 0 Å². The number of hydrogen-bond donors (Lipinski definition) is 1. The second-order valence-electron chi connectivity index (χ2n) is 5.02. The summed E-state index contributed by atoms with van der Waals surface area (Å²) in [7, 11) is 0. The molecule has 2 nitrogen and oxygen atoms in total. The Balaban J connectivity index is 2.65. The zero-order valence-corrected chi connectivity index (χ0v) is 14.0. The molecule has 1 heterocycles. The van der Waals surface area contributed by atoms with Gasteiger partial charge < -0.3 is 5.32 Å². The zero-order chi connectivity index (χ0) is 13.0. The van der Waals surface area contributed by atoms with Gasteiger partial charge in [-0.15, -0.1) is 0 Å². The van der Waals surface area contributed by atoms with Gasteiger partial charge in [0, 0.05) is 17.2 Å². The fourth-order valence-electron chi connectivity index (χ4n) is 2.00. The first kappa shape index (κ1) is 15.0. The highest BCUT2D eigenvalue weighted by Gasteiger charge is 2.17. The molecule has 0 aromatic carbocycles. The Bertz CT molecular complexity index is 356. The maximum Gasteiger partial charge on any atom is 0.140 e. The van der Waals surface area contributed by atoms with Gasteiger partial charge in [-0.1, -0.05) is 27.7 Å². The molecule has 0 radical (unpaired) electrons. The molecule has 0 amide bonds. The van der Waals surface area contributed by atoms with E-state index in [9.17, 15) is 0 Å². The summed E-state index contributed by atoms with van der Waals surface area (Å²) in [6.45, 7) is 10.1. The highest BCUT2D eigenvalue weighted by atomic mass is 79.9.